The van der Waals surface area contributed by atoms with E-state index in [2.05, 4.69) is 31.2 Å². The minimum atomic E-state index is -0.356. The molecule has 0 aliphatic heterocycles. The Morgan fingerprint density at radius 1 is 1.39 bits per heavy atom. The molecular formula is C12H12BrN3O2. The van der Waals surface area contributed by atoms with E-state index in [4.69, 9.17) is 4.42 Å². The van der Waals surface area contributed by atoms with E-state index in [1.165, 1.54) is 0 Å². The second kappa shape index (κ2) is 4.89. The molecule has 18 heavy (non-hydrogen) atoms. The van der Waals surface area contributed by atoms with Crippen LogP contribution in [0.5, 0.6) is 0 Å². The van der Waals surface area contributed by atoms with Gasteiger partial charge in [0.05, 0.1) is 10.2 Å². The van der Waals surface area contributed by atoms with Gasteiger partial charge >= 0.3 is 0 Å². The van der Waals surface area contributed by atoms with E-state index >= 15 is 0 Å². The fraction of sp³-hybridized carbons (Fsp3) is 0.250. The summed E-state index contributed by atoms with van der Waals surface area (Å²) < 4.78 is 5.97. The first-order chi connectivity index (χ1) is 8.47. The van der Waals surface area contributed by atoms with Crippen molar-refractivity contribution in [2.45, 2.75) is 20.8 Å². The maximum Gasteiger partial charge on any atom is 0.294 e. The maximum atomic E-state index is 12.0. The molecule has 0 aliphatic carbocycles. The lowest BCUT2D eigenvalue weighted by Gasteiger charge is -2.05. The largest absolute Gasteiger partial charge is 0.436 e. The topological polar surface area (TPSA) is 68.0 Å². The number of aromatic nitrogens is 2. The molecule has 2 aromatic rings. The third-order valence-corrected chi connectivity index (χ3v) is 2.92. The van der Waals surface area contributed by atoms with E-state index in [1.807, 2.05) is 13.0 Å². The highest BCUT2D eigenvalue weighted by Gasteiger charge is 2.17. The van der Waals surface area contributed by atoms with Gasteiger partial charge in [0.15, 0.2) is 5.89 Å². The monoisotopic (exact) mass is 309 g/mol. The third kappa shape index (κ3) is 2.59. The van der Waals surface area contributed by atoms with Crippen LogP contribution in [0.3, 0.4) is 0 Å². The molecule has 2 rings (SSSR count). The summed E-state index contributed by atoms with van der Waals surface area (Å²) in [7, 11) is 0. The summed E-state index contributed by atoms with van der Waals surface area (Å²) in [5.74, 6) is 0.777. The molecule has 0 aliphatic rings. The first-order valence-electron chi connectivity index (χ1n) is 5.35. The number of hydrogen-bond acceptors (Lipinski definition) is 4. The standard InChI is InChI=1S/C12H12BrN3O2/c1-6-4-9(13)11(14-5-6)16-12(17)10-7(2)15-8(3)18-10/h4-5H,1-3H3,(H,14,16,17). The van der Waals surface area contributed by atoms with E-state index in [-0.39, 0.29) is 11.7 Å². The average molecular weight is 310 g/mol. The number of aryl methyl sites for hydroxylation is 3. The molecule has 0 aromatic carbocycles. The van der Waals surface area contributed by atoms with Gasteiger partial charge < -0.3 is 9.73 Å². The molecule has 0 unspecified atom stereocenters. The van der Waals surface area contributed by atoms with Gasteiger partial charge in [-0.25, -0.2) is 9.97 Å². The number of anilines is 1. The summed E-state index contributed by atoms with van der Waals surface area (Å²) in [6, 6.07) is 1.88. The van der Waals surface area contributed by atoms with Crippen molar-refractivity contribution in [3.63, 3.8) is 0 Å². The predicted octanol–water partition coefficient (Wildman–Crippen LogP) is 3.01. The number of rotatable bonds is 2. The normalized spacial score (nSPS) is 10.4. The molecule has 1 N–H and O–H groups in total. The average Bonchev–Trinajstić information content (AvgIpc) is 2.62. The zero-order chi connectivity index (χ0) is 13.3. The van der Waals surface area contributed by atoms with Crippen LogP contribution in [0.1, 0.15) is 27.7 Å². The second-order valence-electron chi connectivity index (χ2n) is 3.94. The van der Waals surface area contributed by atoms with Crippen LogP contribution in [0, 0.1) is 20.8 Å². The number of halogens is 1. The zero-order valence-corrected chi connectivity index (χ0v) is 11.8. The molecule has 1 amide bonds. The van der Waals surface area contributed by atoms with Crippen LogP contribution in [0.15, 0.2) is 21.2 Å². The van der Waals surface area contributed by atoms with Gasteiger partial charge in [0.1, 0.15) is 5.82 Å². The molecule has 6 heteroatoms. The number of hydrogen-bond donors (Lipinski definition) is 1. The van der Waals surface area contributed by atoms with Crippen molar-refractivity contribution in [2.75, 3.05) is 5.32 Å². The minimum Gasteiger partial charge on any atom is -0.436 e. The lowest BCUT2D eigenvalue weighted by molar-refractivity contribution is 0.0994. The predicted molar refractivity (Wildman–Crippen MR) is 70.6 cm³/mol. The van der Waals surface area contributed by atoms with Crippen LogP contribution in [-0.2, 0) is 0 Å². The number of oxazole rings is 1. The van der Waals surface area contributed by atoms with Crippen LogP contribution in [-0.4, -0.2) is 15.9 Å². The minimum absolute atomic E-state index is 0.210. The highest BCUT2D eigenvalue weighted by Crippen LogP contribution is 2.21. The SMILES string of the molecule is Cc1cnc(NC(=O)c2oc(C)nc2C)c(Br)c1. The Morgan fingerprint density at radius 2 is 2.11 bits per heavy atom. The van der Waals surface area contributed by atoms with E-state index in [0.29, 0.717) is 17.4 Å². The molecule has 0 spiro atoms. The summed E-state index contributed by atoms with van der Waals surface area (Å²) in [6.45, 7) is 5.35. The van der Waals surface area contributed by atoms with Crippen molar-refractivity contribution >= 4 is 27.7 Å². The Morgan fingerprint density at radius 3 is 2.67 bits per heavy atom. The van der Waals surface area contributed by atoms with Crippen molar-refractivity contribution < 1.29 is 9.21 Å². The smallest absolute Gasteiger partial charge is 0.294 e. The van der Waals surface area contributed by atoms with Crippen molar-refractivity contribution in [3.8, 4) is 0 Å². The maximum absolute atomic E-state index is 12.0. The number of pyridine rings is 1. The Hall–Kier alpha value is -1.69. The van der Waals surface area contributed by atoms with Crippen LogP contribution >= 0.6 is 15.9 Å². The van der Waals surface area contributed by atoms with Crippen LogP contribution in [0.25, 0.3) is 0 Å². The number of carbonyl (C=O) groups is 1. The lowest BCUT2D eigenvalue weighted by atomic mass is 10.3. The number of carbonyl (C=O) groups excluding carboxylic acids is 1. The molecule has 5 nitrogen and oxygen atoms in total. The number of nitrogens with one attached hydrogen (secondary N) is 1. The van der Waals surface area contributed by atoms with Crippen molar-refractivity contribution in [1.29, 1.82) is 0 Å². The van der Waals surface area contributed by atoms with E-state index in [1.54, 1.807) is 20.0 Å². The van der Waals surface area contributed by atoms with E-state index < -0.39 is 0 Å². The summed E-state index contributed by atoms with van der Waals surface area (Å²) in [5.41, 5.74) is 1.57. The molecule has 0 saturated carbocycles. The highest BCUT2D eigenvalue weighted by atomic mass is 79.9. The lowest BCUT2D eigenvalue weighted by Crippen LogP contribution is -2.13. The van der Waals surface area contributed by atoms with Gasteiger partial charge in [-0.2, -0.15) is 0 Å². The molecule has 0 radical (unpaired) electrons. The zero-order valence-electron chi connectivity index (χ0n) is 10.2. The van der Waals surface area contributed by atoms with Gasteiger partial charge in [-0.3, -0.25) is 4.79 Å². The number of amides is 1. The Kier molecular flexibility index (Phi) is 3.47. The van der Waals surface area contributed by atoms with Gasteiger partial charge in [-0.1, -0.05) is 0 Å². The van der Waals surface area contributed by atoms with Crippen LogP contribution in [0.4, 0.5) is 5.82 Å². The summed E-state index contributed by atoms with van der Waals surface area (Å²) in [4.78, 5) is 20.2. The Balaban J connectivity index is 2.24. The summed E-state index contributed by atoms with van der Waals surface area (Å²) in [6.07, 6.45) is 1.68. The molecule has 2 aromatic heterocycles. The third-order valence-electron chi connectivity index (χ3n) is 2.32. The first-order valence-corrected chi connectivity index (χ1v) is 6.14. The second-order valence-corrected chi connectivity index (χ2v) is 4.80. The van der Waals surface area contributed by atoms with Crippen LogP contribution in [0.2, 0.25) is 0 Å². The molecule has 0 fully saturated rings. The van der Waals surface area contributed by atoms with Gasteiger partial charge in [-0.05, 0) is 41.4 Å². The summed E-state index contributed by atoms with van der Waals surface area (Å²) in [5, 5.41) is 2.68. The van der Waals surface area contributed by atoms with Crippen molar-refractivity contribution in [1.82, 2.24) is 9.97 Å². The van der Waals surface area contributed by atoms with Gasteiger partial charge in [0.2, 0.25) is 5.76 Å². The van der Waals surface area contributed by atoms with Gasteiger partial charge in [0, 0.05) is 13.1 Å². The fourth-order valence-electron chi connectivity index (χ4n) is 1.53. The number of nitrogens with zero attached hydrogens (tertiary/aromatic N) is 2. The Bertz CT molecular complexity index is 607. The van der Waals surface area contributed by atoms with Crippen LogP contribution < -0.4 is 5.32 Å². The molecule has 94 valence electrons. The highest BCUT2D eigenvalue weighted by molar-refractivity contribution is 9.10. The summed E-state index contributed by atoms with van der Waals surface area (Å²) >= 11 is 3.35. The van der Waals surface area contributed by atoms with E-state index in [9.17, 15) is 4.79 Å². The van der Waals surface area contributed by atoms with Crippen molar-refractivity contribution in [3.05, 3.63) is 39.6 Å². The molecule has 0 bridgehead atoms. The molecule has 0 saturated heterocycles. The molecule has 2 heterocycles. The van der Waals surface area contributed by atoms with Crippen molar-refractivity contribution in [2.24, 2.45) is 0 Å². The molecule has 0 atom stereocenters. The van der Waals surface area contributed by atoms with Gasteiger partial charge in [-0.15, -0.1) is 0 Å². The van der Waals surface area contributed by atoms with E-state index in [0.717, 1.165) is 10.0 Å². The fourth-order valence-corrected chi connectivity index (χ4v) is 2.09. The Labute approximate surface area is 113 Å². The molecular weight excluding hydrogens is 298 g/mol. The van der Waals surface area contributed by atoms with Gasteiger partial charge in [0.25, 0.3) is 5.91 Å². The quantitative estimate of drug-likeness (QED) is 0.926. The first kappa shape index (κ1) is 12.8.